The third kappa shape index (κ3) is 4.10. The lowest BCUT2D eigenvalue weighted by molar-refractivity contribution is 0.0910. The Morgan fingerprint density at radius 2 is 1.83 bits per heavy atom. The standard InChI is InChI=1S/C24H26N2O3/c1-16-12-17(2)23-19(13-16)21(27)14-22(29-23)24(28)25-15-20(26-10-6-7-11-26)18-8-4-3-5-9-18/h3-5,8-9,12-14,20H,6-7,10-11,15H2,1-2H3,(H,25,28). The van der Waals surface area contributed by atoms with Crippen LogP contribution in [0, 0.1) is 13.8 Å². The van der Waals surface area contributed by atoms with Crippen LogP contribution >= 0.6 is 0 Å². The Bertz CT molecular complexity index is 1080. The van der Waals surface area contributed by atoms with Gasteiger partial charge in [0.05, 0.1) is 11.4 Å². The summed E-state index contributed by atoms with van der Waals surface area (Å²) in [5.74, 6) is -0.299. The number of carbonyl (C=O) groups is 1. The van der Waals surface area contributed by atoms with Crippen molar-refractivity contribution in [3.63, 3.8) is 0 Å². The zero-order valence-electron chi connectivity index (χ0n) is 16.9. The molecule has 1 unspecified atom stereocenters. The van der Waals surface area contributed by atoms with Crippen LogP contribution in [0.2, 0.25) is 0 Å². The fraction of sp³-hybridized carbons (Fsp3) is 0.333. The van der Waals surface area contributed by atoms with Gasteiger partial charge in [-0.3, -0.25) is 14.5 Å². The molecule has 1 aliphatic heterocycles. The SMILES string of the molecule is Cc1cc(C)c2oc(C(=O)NCC(c3ccccc3)N3CCCC3)cc(=O)c2c1. The minimum Gasteiger partial charge on any atom is -0.450 e. The molecule has 3 aromatic rings. The van der Waals surface area contributed by atoms with Crippen LogP contribution in [0.1, 0.15) is 46.1 Å². The van der Waals surface area contributed by atoms with E-state index in [1.807, 2.05) is 38.1 Å². The normalized spacial score (nSPS) is 15.5. The van der Waals surface area contributed by atoms with Crippen LogP contribution in [0.3, 0.4) is 0 Å². The van der Waals surface area contributed by atoms with E-state index in [1.165, 1.54) is 24.5 Å². The second kappa shape index (κ2) is 8.21. The molecule has 0 radical (unpaired) electrons. The van der Waals surface area contributed by atoms with Gasteiger partial charge in [0.25, 0.3) is 5.91 Å². The third-order valence-electron chi connectivity index (χ3n) is 5.60. The Morgan fingerprint density at radius 3 is 2.55 bits per heavy atom. The highest BCUT2D eigenvalue weighted by Gasteiger charge is 2.24. The number of nitrogens with one attached hydrogen (secondary N) is 1. The third-order valence-corrected chi connectivity index (χ3v) is 5.60. The Hall–Kier alpha value is -2.92. The molecule has 4 rings (SSSR count). The molecular weight excluding hydrogens is 364 g/mol. The van der Waals surface area contributed by atoms with E-state index in [-0.39, 0.29) is 23.1 Å². The quantitative estimate of drug-likeness (QED) is 0.716. The number of rotatable bonds is 5. The van der Waals surface area contributed by atoms with Crippen molar-refractivity contribution in [1.82, 2.24) is 10.2 Å². The second-order valence-corrected chi connectivity index (χ2v) is 7.81. The maximum Gasteiger partial charge on any atom is 0.287 e. The van der Waals surface area contributed by atoms with Gasteiger partial charge in [-0.15, -0.1) is 0 Å². The Labute approximate surface area is 170 Å². The molecule has 2 heterocycles. The first-order valence-corrected chi connectivity index (χ1v) is 10.2. The van der Waals surface area contributed by atoms with Crippen LogP contribution < -0.4 is 10.7 Å². The summed E-state index contributed by atoms with van der Waals surface area (Å²) < 4.78 is 5.83. The molecule has 150 valence electrons. The maximum absolute atomic E-state index is 12.8. The van der Waals surface area contributed by atoms with E-state index < -0.39 is 0 Å². The Kier molecular flexibility index (Phi) is 5.49. The van der Waals surface area contributed by atoms with Crippen molar-refractivity contribution in [2.24, 2.45) is 0 Å². The first-order valence-electron chi connectivity index (χ1n) is 10.2. The van der Waals surface area contributed by atoms with Crippen molar-refractivity contribution in [2.45, 2.75) is 32.7 Å². The van der Waals surface area contributed by atoms with Gasteiger partial charge in [-0.1, -0.05) is 36.4 Å². The predicted octanol–water partition coefficient (Wildman–Crippen LogP) is 3.98. The Morgan fingerprint density at radius 1 is 1.10 bits per heavy atom. The molecule has 0 bridgehead atoms. The zero-order chi connectivity index (χ0) is 20.4. The molecule has 1 N–H and O–H groups in total. The average Bonchev–Trinajstić information content (AvgIpc) is 3.24. The van der Waals surface area contributed by atoms with Gasteiger partial charge in [0, 0.05) is 12.6 Å². The number of aryl methyl sites for hydroxylation is 2. The predicted molar refractivity (Wildman–Crippen MR) is 114 cm³/mol. The number of amides is 1. The van der Waals surface area contributed by atoms with Crippen molar-refractivity contribution in [3.05, 3.63) is 81.2 Å². The van der Waals surface area contributed by atoms with E-state index in [0.29, 0.717) is 17.5 Å². The fourth-order valence-corrected chi connectivity index (χ4v) is 4.18. The second-order valence-electron chi connectivity index (χ2n) is 7.81. The highest BCUT2D eigenvalue weighted by molar-refractivity contribution is 5.93. The smallest absolute Gasteiger partial charge is 0.287 e. The van der Waals surface area contributed by atoms with Gasteiger partial charge in [-0.25, -0.2) is 0 Å². The van der Waals surface area contributed by atoms with Crippen molar-refractivity contribution >= 4 is 16.9 Å². The average molecular weight is 390 g/mol. The molecule has 2 aromatic carbocycles. The molecule has 1 atom stereocenters. The number of nitrogens with zero attached hydrogens (tertiary/aromatic N) is 1. The van der Waals surface area contributed by atoms with E-state index in [2.05, 4.69) is 22.3 Å². The fourth-order valence-electron chi connectivity index (χ4n) is 4.18. The molecule has 5 nitrogen and oxygen atoms in total. The first kappa shape index (κ1) is 19.4. The van der Waals surface area contributed by atoms with E-state index in [0.717, 1.165) is 24.2 Å². The molecular formula is C24H26N2O3. The molecule has 1 saturated heterocycles. The molecule has 0 spiro atoms. The molecule has 29 heavy (non-hydrogen) atoms. The van der Waals surface area contributed by atoms with Gasteiger partial charge >= 0.3 is 0 Å². The molecule has 1 aliphatic rings. The number of benzene rings is 2. The van der Waals surface area contributed by atoms with Gasteiger partial charge < -0.3 is 9.73 Å². The van der Waals surface area contributed by atoms with Crippen LogP contribution in [0.4, 0.5) is 0 Å². The van der Waals surface area contributed by atoms with Crippen LogP contribution in [-0.4, -0.2) is 30.4 Å². The number of fused-ring (bicyclic) bond motifs is 1. The summed E-state index contributed by atoms with van der Waals surface area (Å²) in [5, 5.41) is 3.50. The van der Waals surface area contributed by atoms with Crippen molar-refractivity contribution in [3.8, 4) is 0 Å². The molecule has 1 fully saturated rings. The largest absolute Gasteiger partial charge is 0.450 e. The van der Waals surface area contributed by atoms with Crippen LogP contribution in [0.15, 0.2) is 57.7 Å². The van der Waals surface area contributed by atoms with Crippen molar-refractivity contribution in [1.29, 1.82) is 0 Å². The summed E-state index contributed by atoms with van der Waals surface area (Å²) in [6.45, 7) is 6.35. The van der Waals surface area contributed by atoms with E-state index >= 15 is 0 Å². The monoisotopic (exact) mass is 390 g/mol. The zero-order valence-corrected chi connectivity index (χ0v) is 16.9. The molecule has 5 heteroatoms. The summed E-state index contributed by atoms with van der Waals surface area (Å²) in [7, 11) is 0. The van der Waals surface area contributed by atoms with Gasteiger partial charge in [-0.2, -0.15) is 0 Å². The van der Waals surface area contributed by atoms with Crippen LogP contribution in [0.5, 0.6) is 0 Å². The number of hydrogen-bond donors (Lipinski definition) is 1. The number of likely N-dealkylation sites (tertiary alicyclic amines) is 1. The minimum atomic E-state index is -0.357. The van der Waals surface area contributed by atoms with Gasteiger partial charge in [0.2, 0.25) is 0 Å². The van der Waals surface area contributed by atoms with E-state index in [9.17, 15) is 9.59 Å². The lowest BCUT2D eigenvalue weighted by Gasteiger charge is -2.28. The lowest BCUT2D eigenvalue weighted by atomic mass is 10.1. The summed E-state index contributed by atoms with van der Waals surface area (Å²) in [5.41, 5.74) is 3.32. The number of hydrogen-bond acceptors (Lipinski definition) is 4. The van der Waals surface area contributed by atoms with Gasteiger partial charge in [0.1, 0.15) is 5.58 Å². The highest BCUT2D eigenvalue weighted by Crippen LogP contribution is 2.25. The molecule has 0 saturated carbocycles. The van der Waals surface area contributed by atoms with Crippen LogP contribution in [0.25, 0.3) is 11.0 Å². The van der Waals surface area contributed by atoms with Gasteiger partial charge in [0.15, 0.2) is 11.2 Å². The van der Waals surface area contributed by atoms with Gasteiger partial charge in [-0.05, 0) is 62.5 Å². The van der Waals surface area contributed by atoms with E-state index in [4.69, 9.17) is 4.42 Å². The molecule has 1 aromatic heterocycles. The van der Waals surface area contributed by atoms with Crippen molar-refractivity contribution < 1.29 is 9.21 Å². The molecule has 0 aliphatic carbocycles. The maximum atomic E-state index is 12.8. The lowest BCUT2D eigenvalue weighted by Crippen LogP contribution is -2.37. The topological polar surface area (TPSA) is 62.6 Å². The number of carbonyl (C=O) groups excluding carboxylic acids is 1. The highest BCUT2D eigenvalue weighted by atomic mass is 16.3. The minimum absolute atomic E-state index is 0.0580. The summed E-state index contributed by atoms with van der Waals surface area (Å²) >= 11 is 0. The summed E-state index contributed by atoms with van der Waals surface area (Å²) in [6.07, 6.45) is 2.35. The molecule has 1 amide bonds. The summed E-state index contributed by atoms with van der Waals surface area (Å²) in [6, 6.07) is 15.4. The van der Waals surface area contributed by atoms with Crippen molar-refractivity contribution in [2.75, 3.05) is 19.6 Å². The van der Waals surface area contributed by atoms with Crippen LogP contribution in [-0.2, 0) is 0 Å². The summed E-state index contributed by atoms with van der Waals surface area (Å²) in [4.78, 5) is 27.7. The van der Waals surface area contributed by atoms with E-state index in [1.54, 1.807) is 6.07 Å². The Balaban J connectivity index is 1.57. The first-order chi connectivity index (χ1) is 14.0.